The van der Waals surface area contributed by atoms with Crippen LogP contribution < -0.4 is 10.6 Å². The summed E-state index contributed by atoms with van der Waals surface area (Å²) >= 11 is 0. The molecule has 24 heavy (non-hydrogen) atoms. The lowest BCUT2D eigenvalue weighted by molar-refractivity contribution is -0.121. The third kappa shape index (κ3) is 5.05. The zero-order valence-electron chi connectivity index (χ0n) is 14.6. The summed E-state index contributed by atoms with van der Waals surface area (Å²) in [5.41, 5.74) is 2.79. The van der Waals surface area contributed by atoms with Gasteiger partial charge in [-0.15, -0.1) is 0 Å². The summed E-state index contributed by atoms with van der Waals surface area (Å²) in [4.78, 5) is 11.9. The van der Waals surface area contributed by atoms with Gasteiger partial charge >= 0.3 is 0 Å². The molecule has 1 aromatic rings. The molecular weight excluding hydrogens is 300 g/mol. The number of hydrogen-bond donors (Lipinski definition) is 2. The predicted molar refractivity (Wildman–Crippen MR) is 95.9 cm³/mol. The Morgan fingerprint density at radius 1 is 1.29 bits per heavy atom. The molecule has 1 amide bonds. The summed E-state index contributed by atoms with van der Waals surface area (Å²) in [5.74, 6) is 0.871. The summed E-state index contributed by atoms with van der Waals surface area (Å²) in [7, 11) is 0. The van der Waals surface area contributed by atoms with Crippen LogP contribution >= 0.6 is 0 Å². The lowest BCUT2D eigenvalue weighted by Gasteiger charge is -2.25. The maximum Gasteiger partial charge on any atom is 0.220 e. The van der Waals surface area contributed by atoms with E-state index in [1.54, 1.807) is 0 Å². The Kier molecular flexibility index (Phi) is 6.67. The fourth-order valence-corrected chi connectivity index (χ4v) is 3.79. The van der Waals surface area contributed by atoms with Crippen molar-refractivity contribution in [3.8, 4) is 0 Å². The summed E-state index contributed by atoms with van der Waals surface area (Å²) in [6.45, 7) is 3.61. The molecule has 0 bridgehead atoms. The van der Waals surface area contributed by atoms with Crippen LogP contribution in [0.1, 0.15) is 55.8 Å². The van der Waals surface area contributed by atoms with E-state index in [0.717, 1.165) is 38.9 Å². The second-order valence-corrected chi connectivity index (χ2v) is 7.05. The number of hydrogen-bond acceptors (Lipinski definition) is 3. The highest BCUT2D eigenvalue weighted by Crippen LogP contribution is 2.32. The molecule has 1 aliphatic carbocycles. The number of carbonyl (C=O) groups is 1. The maximum atomic E-state index is 11.9. The fourth-order valence-electron chi connectivity index (χ4n) is 3.79. The Hall–Kier alpha value is -1.39. The zero-order valence-corrected chi connectivity index (χ0v) is 14.6. The van der Waals surface area contributed by atoms with Crippen LogP contribution in [0.25, 0.3) is 0 Å². The molecule has 0 saturated carbocycles. The van der Waals surface area contributed by atoms with Gasteiger partial charge in [-0.05, 0) is 68.7 Å². The van der Waals surface area contributed by atoms with Crippen molar-refractivity contribution in [3.05, 3.63) is 35.4 Å². The van der Waals surface area contributed by atoms with Crippen LogP contribution in [0.2, 0.25) is 0 Å². The summed E-state index contributed by atoms with van der Waals surface area (Å²) in [5, 5.41) is 6.37. The number of ether oxygens (including phenoxy) is 1. The highest BCUT2D eigenvalue weighted by molar-refractivity contribution is 5.75. The Bertz CT molecular complexity index is 526. The smallest absolute Gasteiger partial charge is 0.220 e. The van der Waals surface area contributed by atoms with Crippen LogP contribution in [0.5, 0.6) is 0 Å². The van der Waals surface area contributed by atoms with Gasteiger partial charge in [-0.25, -0.2) is 0 Å². The van der Waals surface area contributed by atoms with Crippen molar-refractivity contribution in [3.63, 3.8) is 0 Å². The molecule has 2 atom stereocenters. The molecule has 1 aliphatic heterocycles. The number of amides is 1. The number of fused-ring (bicyclic) bond motifs is 1. The van der Waals surface area contributed by atoms with Crippen LogP contribution in [0.3, 0.4) is 0 Å². The van der Waals surface area contributed by atoms with E-state index in [1.807, 2.05) is 0 Å². The van der Waals surface area contributed by atoms with Crippen LogP contribution in [0.15, 0.2) is 24.3 Å². The third-order valence-corrected chi connectivity index (χ3v) is 5.22. The van der Waals surface area contributed by atoms with Crippen molar-refractivity contribution in [1.82, 2.24) is 10.6 Å². The van der Waals surface area contributed by atoms with Gasteiger partial charge in [-0.2, -0.15) is 0 Å². The molecule has 1 heterocycles. The van der Waals surface area contributed by atoms with E-state index in [-0.39, 0.29) is 12.0 Å². The van der Waals surface area contributed by atoms with Crippen molar-refractivity contribution in [2.75, 3.05) is 26.2 Å². The average molecular weight is 330 g/mol. The molecule has 4 heteroatoms. The van der Waals surface area contributed by atoms with E-state index < -0.39 is 0 Å². The van der Waals surface area contributed by atoms with Gasteiger partial charge in [0.05, 0.1) is 6.10 Å². The van der Waals surface area contributed by atoms with E-state index in [4.69, 9.17) is 4.74 Å². The highest BCUT2D eigenvalue weighted by Gasteiger charge is 2.20. The number of benzene rings is 1. The molecule has 1 saturated heterocycles. The molecule has 1 fully saturated rings. The molecule has 2 unspecified atom stereocenters. The van der Waals surface area contributed by atoms with Gasteiger partial charge in [0.15, 0.2) is 0 Å². The molecule has 2 aliphatic rings. The first kappa shape index (κ1) is 17.4. The molecule has 1 aromatic carbocycles. The minimum absolute atomic E-state index is 0.185. The number of rotatable bonds is 8. The van der Waals surface area contributed by atoms with Gasteiger partial charge in [0.1, 0.15) is 0 Å². The average Bonchev–Trinajstić information content (AvgIpc) is 3.13. The van der Waals surface area contributed by atoms with Gasteiger partial charge in [0, 0.05) is 19.6 Å². The van der Waals surface area contributed by atoms with Crippen LogP contribution in [-0.2, 0) is 16.0 Å². The first-order chi connectivity index (χ1) is 11.8. The van der Waals surface area contributed by atoms with Crippen molar-refractivity contribution in [2.24, 2.45) is 5.92 Å². The minimum Gasteiger partial charge on any atom is -0.373 e. The quantitative estimate of drug-likeness (QED) is 0.721. The first-order valence-corrected chi connectivity index (χ1v) is 9.50. The second-order valence-electron chi connectivity index (χ2n) is 7.05. The maximum absolute atomic E-state index is 11.9. The Morgan fingerprint density at radius 2 is 2.21 bits per heavy atom. The lowest BCUT2D eigenvalue weighted by atomic mass is 9.89. The molecule has 0 spiro atoms. The SMILES string of the molecule is O=C(CCC1CCNC1)NCCCOC1CCCc2ccccc21. The number of aryl methyl sites for hydroxylation is 1. The zero-order chi connectivity index (χ0) is 16.6. The fraction of sp³-hybridized carbons (Fsp3) is 0.650. The Labute approximate surface area is 145 Å². The van der Waals surface area contributed by atoms with E-state index >= 15 is 0 Å². The van der Waals surface area contributed by atoms with E-state index in [2.05, 4.69) is 34.9 Å². The molecule has 132 valence electrons. The van der Waals surface area contributed by atoms with Gasteiger partial charge in [0.25, 0.3) is 0 Å². The molecular formula is C20H30N2O2. The Morgan fingerprint density at radius 3 is 3.08 bits per heavy atom. The van der Waals surface area contributed by atoms with E-state index in [0.29, 0.717) is 18.9 Å². The molecule has 2 N–H and O–H groups in total. The van der Waals surface area contributed by atoms with Gasteiger partial charge in [-0.1, -0.05) is 24.3 Å². The molecule has 0 radical (unpaired) electrons. The molecule has 3 rings (SSSR count). The van der Waals surface area contributed by atoms with Crippen molar-refractivity contribution in [2.45, 2.75) is 51.0 Å². The summed E-state index contributed by atoms with van der Waals surface area (Å²) in [6.07, 6.45) is 7.48. The summed E-state index contributed by atoms with van der Waals surface area (Å²) < 4.78 is 6.07. The predicted octanol–water partition coefficient (Wildman–Crippen LogP) is 2.98. The minimum atomic E-state index is 0.185. The second kappa shape index (κ2) is 9.19. The topological polar surface area (TPSA) is 50.4 Å². The van der Waals surface area contributed by atoms with Gasteiger partial charge < -0.3 is 15.4 Å². The number of nitrogens with one attached hydrogen (secondary N) is 2. The summed E-state index contributed by atoms with van der Waals surface area (Å²) in [6, 6.07) is 8.61. The lowest BCUT2D eigenvalue weighted by Crippen LogP contribution is -2.26. The van der Waals surface area contributed by atoms with E-state index in [1.165, 1.54) is 30.4 Å². The third-order valence-electron chi connectivity index (χ3n) is 5.22. The standard InChI is InChI=1S/C20H30N2O2/c23-20(10-9-16-11-13-21-15-16)22-12-4-14-24-19-8-3-6-17-5-1-2-7-18(17)19/h1-2,5,7,16,19,21H,3-4,6,8-15H2,(H,22,23). The van der Waals surface area contributed by atoms with Crippen molar-refractivity contribution in [1.29, 1.82) is 0 Å². The van der Waals surface area contributed by atoms with Crippen LogP contribution in [0.4, 0.5) is 0 Å². The number of carbonyl (C=O) groups excluding carboxylic acids is 1. The van der Waals surface area contributed by atoms with Gasteiger partial charge in [0.2, 0.25) is 5.91 Å². The normalized spacial score (nSPS) is 23.0. The van der Waals surface area contributed by atoms with Crippen molar-refractivity contribution < 1.29 is 9.53 Å². The Balaban J connectivity index is 1.28. The van der Waals surface area contributed by atoms with Crippen LogP contribution in [0, 0.1) is 5.92 Å². The van der Waals surface area contributed by atoms with Gasteiger partial charge in [-0.3, -0.25) is 4.79 Å². The monoisotopic (exact) mass is 330 g/mol. The molecule has 4 nitrogen and oxygen atoms in total. The largest absolute Gasteiger partial charge is 0.373 e. The highest BCUT2D eigenvalue weighted by atomic mass is 16.5. The van der Waals surface area contributed by atoms with E-state index in [9.17, 15) is 4.79 Å². The van der Waals surface area contributed by atoms with Crippen molar-refractivity contribution >= 4 is 5.91 Å². The molecule has 0 aromatic heterocycles. The first-order valence-electron chi connectivity index (χ1n) is 9.50. The van der Waals surface area contributed by atoms with Crippen LogP contribution in [-0.4, -0.2) is 32.1 Å².